The number of halogens is 2. The molecular weight excluding hydrogens is 258 g/mol. The number of pyridine rings is 1. The zero-order valence-corrected chi connectivity index (χ0v) is 9.66. The lowest BCUT2D eigenvalue weighted by molar-refractivity contribution is 0.926. The summed E-state index contributed by atoms with van der Waals surface area (Å²) in [5.41, 5.74) is 1.08. The van der Waals surface area contributed by atoms with E-state index < -0.39 is 0 Å². The highest BCUT2D eigenvalue weighted by Crippen LogP contribution is 2.19. The zero-order chi connectivity index (χ0) is 8.97. The van der Waals surface area contributed by atoms with Crippen molar-refractivity contribution in [3.05, 3.63) is 27.5 Å². The van der Waals surface area contributed by atoms with Gasteiger partial charge in [-0.1, -0.05) is 11.6 Å². The van der Waals surface area contributed by atoms with Gasteiger partial charge in [0.25, 0.3) is 0 Å². The van der Waals surface area contributed by atoms with Crippen molar-refractivity contribution in [3.63, 3.8) is 0 Å². The van der Waals surface area contributed by atoms with Gasteiger partial charge >= 0.3 is 0 Å². The maximum absolute atomic E-state index is 5.88. The van der Waals surface area contributed by atoms with Crippen molar-refractivity contribution in [2.45, 2.75) is 12.8 Å². The normalized spacial score (nSPS) is 10.2. The van der Waals surface area contributed by atoms with E-state index in [-0.39, 0.29) is 0 Å². The quantitative estimate of drug-likeness (QED) is 0.654. The summed E-state index contributed by atoms with van der Waals surface area (Å²) in [5, 5.41) is 0.597. The number of aryl methyl sites for hydroxylation is 1. The smallest absolute Gasteiger partial charge is 0.132 e. The van der Waals surface area contributed by atoms with Crippen molar-refractivity contribution in [2.24, 2.45) is 0 Å². The third-order valence-electron chi connectivity index (χ3n) is 1.48. The Morgan fingerprint density at radius 1 is 1.58 bits per heavy atom. The van der Waals surface area contributed by atoms with Crippen LogP contribution in [-0.4, -0.2) is 10.7 Å². The van der Waals surface area contributed by atoms with Gasteiger partial charge in [0.15, 0.2) is 0 Å². The van der Waals surface area contributed by atoms with Crippen LogP contribution in [0.25, 0.3) is 0 Å². The van der Waals surface area contributed by atoms with Gasteiger partial charge in [-0.3, -0.25) is 0 Å². The molecule has 66 valence electrons. The van der Waals surface area contributed by atoms with E-state index in [0.29, 0.717) is 5.15 Å². The minimum Gasteiger partial charge on any atom is -0.243 e. The standard InChI is InChI=1S/C8H9BrClNS/c9-7-4-6(2-1-3-12)8(10)11-5-7/h4-5,12H,1-3H2. The summed E-state index contributed by atoms with van der Waals surface area (Å²) in [5.74, 6) is 0.878. The van der Waals surface area contributed by atoms with Gasteiger partial charge in [-0.15, -0.1) is 0 Å². The number of nitrogens with zero attached hydrogens (tertiary/aromatic N) is 1. The van der Waals surface area contributed by atoms with Crippen molar-refractivity contribution in [2.75, 3.05) is 5.75 Å². The van der Waals surface area contributed by atoms with Crippen LogP contribution in [0.5, 0.6) is 0 Å². The van der Waals surface area contributed by atoms with E-state index in [9.17, 15) is 0 Å². The van der Waals surface area contributed by atoms with Crippen LogP contribution < -0.4 is 0 Å². The summed E-state index contributed by atoms with van der Waals surface area (Å²) in [6, 6.07) is 2.00. The van der Waals surface area contributed by atoms with E-state index in [0.717, 1.165) is 28.6 Å². The molecule has 1 nitrogen and oxygen atoms in total. The Labute approximate surface area is 91.1 Å². The van der Waals surface area contributed by atoms with Crippen LogP contribution in [0.2, 0.25) is 5.15 Å². The lowest BCUT2D eigenvalue weighted by Crippen LogP contribution is -1.90. The molecule has 0 bridgehead atoms. The minimum absolute atomic E-state index is 0.597. The summed E-state index contributed by atoms with van der Waals surface area (Å²) in [6.07, 6.45) is 3.67. The van der Waals surface area contributed by atoms with Gasteiger partial charge in [0.2, 0.25) is 0 Å². The molecule has 0 atom stereocenters. The van der Waals surface area contributed by atoms with Crippen LogP contribution in [0.1, 0.15) is 12.0 Å². The van der Waals surface area contributed by atoms with Crippen LogP contribution in [-0.2, 0) is 6.42 Å². The van der Waals surface area contributed by atoms with Gasteiger partial charge < -0.3 is 0 Å². The molecule has 0 fully saturated rings. The average Bonchev–Trinajstić information content (AvgIpc) is 2.07. The van der Waals surface area contributed by atoms with Gasteiger partial charge in [-0.25, -0.2) is 4.98 Å². The first-order chi connectivity index (χ1) is 5.74. The van der Waals surface area contributed by atoms with Crippen molar-refractivity contribution in [3.8, 4) is 0 Å². The fourth-order valence-corrected chi connectivity index (χ4v) is 1.64. The number of hydrogen-bond acceptors (Lipinski definition) is 2. The van der Waals surface area contributed by atoms with E-state index in [1.54, 1.807) is 6.20 Å². The molecule has 1 heterocycles. The maximum atomic E-state index is 5.88. The molecule has 0 aliphatic rings. The molecule has 0 saturated heterocycles. The van der Waals surface area contributed by atoms with Gasteiger partial charge in [0.1, 0.15) is 5.15 Å². The first kappa shape index (κ1) is 10.4. The van der Waals surface area contributed by atoms with Crippen LogP contribution >= 0.6 is 40.2 Å². The molecule has 0 radical (unpaired) electrons. The Hall–Kier alpha value is 0.270. The third kappa shape index (κ3) is 2.96. The largest absolute Gasteiger partial charge is 0.243 e. The monoisotopic (exact) mass is 265 g/mol. The number of aromatic nitrogens is 1. The first-order valence-corrected chi connectivity index (χ1v) is 5.45. The second-order valence-electron chi connectivity index (χ2n) is 2.43. The third-order valence-corrected chi connectivity index (χ3v) is 2.57. The second-order valence-corrected chi connectivity index (χ2v) is 4.15. The van der Waals surface area contributed by atoms with E-state index >= 15 is 0 Å². The number of thiol groups is 1. The molecule has 0 unspecified atom stereocenters. The summed E-state index contributed by atoms with van der Waals surface area (Å²) in [4.78, 5) is 4.03. The van der Waals surface area contributed by atoms with Crippen LogP contribution in [0.3, 0.4) is 0 Å². The molecule has 1 aromatic heterocycles. The van der Waals surface area contributed by atoms with Gasteiger partial charge in [-0.2, -0.15) is 12.6 Å². The molecule has 0 saturated carbocycles. The maximum Gasteiger partial charge on any atom is 0.132 e. The molecule has 4 heteroatoms. The van der Waals surface area contributed by atoms with Crippen LogP contribution in [0.4, 0.5) is 0 Å². The predicted octanol–water partition coefficient (Wildman–Crippen LogP) is 3.36. The molecule has 0 spiro atoms. The van der Waals surface area contributed by atoms with E-state index in [1.165, 1.54) is 0 Å². The highest BCUT2D eigenvalue weighted by atomic mass is 79.9. The van der Waals surface area contributed by atoms with E-state index in [4.69, 9.17) is 11.6 Å². The van der Waals surface area contributed by atoms with Crippen molar-refractivity contribution >= 4 is 40.2 Å². The van der Waals surface area contributed by atoms with Crippen molar-refractivity contribution < 1.29 is 0 Å². The molecule has 1 rings (SSSR count). The molecule has 0 amide bonds. The summed E-state index contributed by atoms with van der Waals surface area (Å²) in [6.45, 7) is 0. The topological polar surface area (TPSA) is 12.9 Å². The second kappa shape index (κ2) is 5.10. The van der Waals surface area contributed by atoms with Gasteiger partial charge in [0, 0.05) is 10.7 Å². The zero-order valence-electron chi connectivity index (χ0n) is 6.43. The SMILES string of the molecule is SCCCc1cc(Br)cnc1Cl. The lowest BCUT2D eigenvalue weighted by Gasteiger charge is -2.01. The molecule has 0 aliphatic carbocycles. The Morgan fingerprint density at radius 2 is 2.33 bits per heavy atom. The Balaban J connectivity index is 2.75. The summed E-state index contributed by atoms with van der Waals surface area (Å²) in [7, 11) is 0. The molecule has 0 N–H and O–H groups in total. The molecule has 0 aromatic carbocycles. The predicted molar refractivity (Wildman–Crippen MR) is 59.1 cm³/mol. The fraction of sp³-hybridized carbons (Fsp3) is 0.375. The average molecular weight is 267 g/mol. The number of rotatable bonds is 3. The lowest BCUT2D eigenvalue weighted by atomic mass is 10.2. The number of hydrogen-bond donors (Lipinski definition) is 1. The highest BCUT2D eigenvalue weighted by Gasteiger charge is 2.01. The van der Waals surface area contributed by atoms with Crippen LogP contribution in [0, 0.1) is 0 Å². The molecule has 0 aliphatic heterocycles. The molecular formula is C8H9BrClNS. The van der Waals surface area contributed by atoms with E-state index in [2.05, 4.69) is 33.5 Å². The Morgan fingerprint density at radius 3 is 3.00 bits per heavy atom. The first-order valence-electron chi connectivity index (χ1n) is 3.65. The van der Waals surface area contributed by atoms with Gasteiger partial charge in [0.05, 0.1) is 0 Å². The van der Waals surface area contributed by atoms with Crippen LogP contribution in [0.15, 0.2) is 16.7 Å². The fourth-order valence-electron chi connectivity index (χ4n) is 0.909. The Bertz CT molecular complexity index is 267. The van der Waals surface area contributed by atoms with E-state index in [1.807, 2.05) is 6.07 Å². The summed E-state index contributed by atoms with van der Waals surface area (Å²) >= 11 is 13.4. The van der Waals surface area contributed by atoms with Crippen molar-refractivity contribution in [1.82, 2.24) is 4.98 Å². The highest BCUT2D eigenvalue weighted by molar-refractivity contribution is 9.10. The van der Waals surface area contributed by atoms with Gasteiger partial charge in [-0.05, 0) is 46.2 Å². The Kier molecular flexibility index (Phi) is 4.40. The van der Waals surface area contributed by atoms with Crippen molar-refractivity contribution in [1.29, 1.82) is 0 Å². The molecule has 1 aromatic rings. The minimum atomic E-state index is 0.597. The summed E-state index contributed by atoms with van der Waals surface area (Å²) < 4.78 is 0.973. The molecule has 12 heavy (non-hydrogen) atoms.